The number of aromatic nitrogens is 4. The van der Waals surface area contributed by atoms with Crippen LogP contribution >= 0.6 is 0 Å². The van der Waals surface area contributed by atoms with Crippen molar-refractivity contribution in [2.45, 2.75) is 81.5 Å². The fourth-order valence-corrected chi connectivity index (χ4v) is 9.02. The Balaban J connectivity index is 0.780. The van der Waals surface area contributed by atoms with Gasteiger partial charge in [-0.15, -0.1) is 10.2 Å². The SMILES string of the molecule is Fc1ccc(Oc2nncnc2N2CC3(CC(Oc4ccnc5c4CN(CCCN4CC6(CCCO6)C4)CC5)C3)C2)c(C2CC(F)(F)C2)c1. The zero-order valence-electron chi connectivity index (χ0n) is 27.6. The molecule has 13 heteroatoms. The Morgan fingerprint density at radius 1 is 0.959 bits per heavy atom. The zero-order valence-corrected chi connectivity index (χ0v) is 27.6. The zero-order chi connectivity index (χ0) is 33.2. The second kappa shape index (κ2) is 12.1. The molecule has 1 aromatic carbocycles. The summed E-state index contributed by atoms with van der Waals surface area (Å²) in [4.78, 5) is 16.3. The summed E-state index contributed by atoms with van der Waals surface area (Å²) in [6.45, 7) is 8.76. The van der Waals surface area contributed by atoms with Gasteiger partial charge in [0.25, 0.3) is 5.88 Å². The topological polar surface area (TPSA) is 89.0 Å². The first-order valence-electron chi connectivity index (χ1n) is 17.7. The number of likely N-dealkylation sites (tertiary alicyclic amines) is 1. The molecule has 6 aliphatic rings. The monoisotopic (exact) mass is 677 g/mol. The van der Waals surface area contributed by atoms with Gasteiger partial charge in [0.2, 0.25) is 5.92 Å². The molecule has 0 amide bonds. The minimum absolute atomic E-state index is 0.129. The van der Waals surface area contributed by atoms with Crippen LogP contribution in [0.2, 0.25) is 0 Å². The average Bonchev–Trinajstić information content (AvgIpc) is 3.52. The minimum Gasteiger partial charge on any atom is -0.490 e. The van der Waals surface area contributed by atoms with Crippen molar-refractivity contribution in [1.82, 2.24) is 30.0 Å². The van der Waals surface area contributed by atoms with Gasteiger partial charge >= 0.3 is 0 Å². The molecule has 0 atom stereocenters. The third-order valence-electron chi connectivity index (χ3n) is 11.6. The first-order valence-corrected chi connectivity index (χ1v) is 17.7. The van der Waals surface area contributed by atoms with Gasteiger partial charge in [-0.2, -0.15) is 0 Å². The predicted molar refractivity (Wildman–Crippen MR) is 174 cm³/mol. The molecule has 2 aliphatic carbocycles. The van der Waals surface area contributed by atoms with Gasteiger partial charge in [-0.1, -0.05) is 0 Å². The quantitative estimate of drug-likeness (QED) is 0.279. The van der Waals surface area contributed by atoms with Gasteiger partial charge < -0.3 is 19.1 Å². The smallest absolute Gasteiger partial charge is 0.282 e. The van der Waals surface area contributed by atoms with Gasteiger partial charge in [-0.25, -0.2) is 18.2 Å². The van der Waals surface area contributed by atoms with Crippen molar-refractivity contribution in [2.24, 2.45) is 5.41 Å². The normalized spacial score (nSPS) is 24.2. The number of pyridine rings is 1. The van der Waals surface area contributed by atoms with Crippen LogP contribution in [0.4, 0.5) is 19.0 Å². The second-order valence-electron chi connectivity index (χ2n) is 15.3. The lowest BCUT2D eigenvalue weighted by Crippen LogP contribution is -2.65. The van der Waals surface area contributed by atoms with E-state index in [0.717, 1.165) is 96.1 Å². The van der Waals surface area contributed by atoms with E-state index in [1.165, 1.54) is 42.9 Å². The first kappa shape index (κ1) is 31.4. The van der Waals surface area contributed by atoms with E-state index in [9.17, 15) is 13.2 Å². The van der Waals surface area contributed by atoms with Gasteiger partial charge in [0.05, 0.1) is 5.60 Å². The number of benzene rings is 1. The molecular formula is C36H42F3N7O3. The predicted octanol–water partition coefficient (Wildman–Crippen LogP) is 5.37. The molecule has 9 rings (SSSR count). The third-order valence-corrected chi connectivity index (χ3v) is 11.6. The molecule has 2 spiro atoms. The first-order chi connectivity index (χ1) is 23.7. The maximum atomic E-state index is 14.1. The lowest BCUT2D eigenvalue weighted by molar-refractivity contribution is -0.111. The van der Waals surface area contributed by atoms with Crippen LogP contribution in [-0.2, 0) is 17.7 Å². The highest BCUT2D eigenvalue weighted by atomic mass is 19.3. The summed E-state index contributed by atoms with van der Waals surface area (Å²) in [6.07, 6.45) is 9.14. The summed E-state index contributed by atoms with van der Waals surface area (Å²) in [5.74, 6) is -1.70. The summed E-state index contributed by atoms with van der Waals surface area (Å²) in [5.41, 5.74) is 3.10. The standard InChI is InChI=1S/C36H42F3N7O3/c37-25-3-4-30(27(13-25)24-14-36(38,39)15-24)49-33-32(41-23-42-43-33)46-19-34(20-46)16-26(17-34)48-31-5-8-40-29-6-11-44(18-28(29)31)9-2-10-45-21-35(22-45)7-1-12-47-35/h3-5,8,13,23-24,26H,1-2,6-7,9-12,14-22H2. The van der Waals surface area contributed by atoms with Crippen LogP contribution < -0.4 is 14.4 Å². The van der Waals surface area contributed by atoms with E-state index in [1.807, 2.05) is 12.3 Å². The Hall–Kier alpha value is -3.55. The number of ether oxygens (including phenoxy) is 3. The van der Waals surface area contributed by atoms with Gasteiger partial charge in [0.15, 0.2) is 5.82 Å². The lowest BCUT2D eigenvalue weighted by Gasteiger charge is -2.58. The second-order valence-corrected chi connectivity index (χ2v) is 15.3. The molecule has 4 aliphatic heterocycles. The van der Waals surface area contributed by atoms with Crippen LogP contribution in [0.15, 0.2) is 36.8 Å². The van der Waals surface area contributed by atoms with Crippen molar-refractivity contribution >= 4 is 5.82 Å². The molecule has 49 heavy (non-hydrogen) atoms. The Labute approximate surface area is 284 Å². The van der Waals surface area contributed by atoms with Crippen molar-refractivity contribution in [2.75, 3.05) is 57.3 Å². The molecule has 3 aromatic rings. The summed E-state index contributed by atoms with van der Waals surface area (Å²) < 4.78 is 60.0. The molecule has 10 nitrogen and oxygen atoms in total. The van der Waals surface area contributed by atoms with Crippen molar-refractivity contribution < 1.29 is 27.4 Å². The number of fused-ring (bicyclic) bond motifs is 1. The minimum atomic E-state index is -2.73. The number of hydrogen-bond acceptors (Lipinski definition) is 10. The van der Waals surface area contributed by atoms with E-state index >= 15 is 0 Å². The van der Waals surface area contributed by atoms with E-state index in [-0.39, 0.29) is 35.8 Å². The Bertz CT molecular complexity index is 1690. The Kier molecular flexibility index (Phi) is 7.73. The highest BCUT2D eigenvalue weighted by molar-refractivity contribution is 5.53. The Morgan fingerprint density at radius 3 is 2.59 bits per heavy atom. The van der Waals surface area contributed by atoms with Crippen LogP contribution in [0.25, 0.3) is 0 Å². The number of rotatable bonds is 10. The molecule has 2 aromatic heterocycles. The molecule has 0 unspecified atom stereocenters. The summed E-state index contributed by atoms with van der Waals surface area (Å²) >= 11 is 0. The van der Waals surface area contributed by atoms with Gasteiger partial charge in [0, 0.05) is 93.6 Å². The van der Waals surface area contributed by atoms with Gasteiger partial charge in [0.1, 0.15) is 29.7 Å². The van der Waals surface area contributed by atoms with Crippen molar-refractivity contribution in [1.29, 1.82) is 0 Å². The van der Waals surface area contributed by atoms with Crippen molar-refractivity contribution in [3.63, 3.8) is 0 Å². The van der Waals surface area contributed by atoms with E-state index in [1.54, 1.807) is 0 Å². The summed E-state index contributed by atoms with van der Waals surface area (Å²) in [5, 5.41) is 8.07. The molecule has 0 bridgehead atoms. The summed E-state index contributed by atoms with van der Waals surface area (Å²) in [7, 11) is 0. The van der Waals surface area contributed by atoms with Crippen LogP contribution in [0, 0.1) is 11.2 Å². The van der Waals surface area contributed by atoms with E-state index < -0.39 is 17.7 Å². The molecule has 260 valence electrons. The average molecular weight is 678 g/mol. The number of hydrogen-bond donors (Lipinski definition) is 0. The molecular weight excluding hydrogens is 635 g/mol. The van der Waals surface area contributed by atoms with Gasteiger partial charge in [-0.05, 0) is 75.4 Å². The third kappa shape index (κ3) is 6.11. The van der Waals surface area contributed by atoms with Crippen LogP contribution in [0.5, 0.6) is 17.4 Å². The summed E-state index contributed by atoms with van der Waals surface area (Å²) in [6, 6.07) is 6.03. The van der Waals surface area contributed by atoms with E-state index in [2.05, 4.69) is 29.9 Å². The fourth-order valence-electron chi connectivity index (χ4n) is 9.02. The number of nitrogens with zero attached hydrogens (tertiary/aromatic N) is 7. The fraction of sp³-hybridized carbons (Fsp3) is 0.611. The lowest BCUT2D eigenvalue weighted by atomic mass is 9.61. The maximum absolute atomic E-state index is 14.1. The van der Waals surface area contributed by atoms with Crippen molar-refractivity contribution in [3.05, 3.63) is 59.4 Å². The van der Waals surface area contributed by atoms with Crippen LogP contribution in [0.3, 0.4) is 0 Å². The largest absolute Gasteiger partial charge is 0.490 e. The number of alkyl halides is 2. The maximum Gasteiger partial charge on any atom is 0.282 e. The van der Waals surface area contributed by atoms with E-state index in [4.69, 9.17) is 19.2 Å². The number of halogens is 3. The molecule has 3 saturated heterocycles. The molecule has 5 fully saturated rings. The number of anilines is 1. The highest BCUT2D eigenvalue weighted by Gasteiger charge is 2.55. The Morgan fingerprint density at radius 2 is 1.80 bits per heavy atom. The molecule has 2 saturated carbocycles. The van der Waals surface area contributed by atoms with E-state index in [0.29, 0.717) is 17.1 Å². The van der Waals surface area contributed by atoms with Crippen LogP contribution in [-0.4, -0.2) is 100 Å². The molecule has 0 N–H and O–H groups in total. The van der Waals surface area contributed by atoms with Gasteiger partial charge in [-0.3, -0.25) is 14.8 Å². The highest BCUT2D eigenvalue weighted by Crippen LogP contribution is 2.53. The van der Waals surface area contributed by atoms with Crippen LogP contribution in [0.1, 0.15) is 67.7 Å². The molecule has 6 heterocycles. The van der Waals surface area contributed by atoms with Crippen molar-refractivity contribution in [3.8, 4) is 17.4 Å². The molecule has 0 radical (unpaired) electrons.